The molecular weight excluding hydrogens is 240 g/mol. The molecule has 0 unspecified atom stereocenters. The van der Waals surface area contributed by atoms with Gasteiger partial charge in [-0.3, -0.25) is 0 Å². The Labute approximate surface area is 108 Å². The molecule has 2 aromatic carbocycles. The highest BCUT2D eigenvalue weighted by atomic mass is 32.1. The lowest BCUT2D eigenvalue weighted by Crippen LogP contribution is -1.83. The Morgan fingerprint density at radius 3 is 2.56 bits per heavy atom. The monoisotopic (exact) mass is 250 g/mol. The minimum atomic E-state index is 0.963. The van der Waals surface area contributed by atoms with Crippen molar-refractivity contribution in [1.82, 2.24) is 9.97 Å². The van der Waals surface area contributed by atoms with Gasteiger partial charge in [0.25, 0.3) is 0 Å². The predicted molar refractivity (Wildman–Crippen MR) is 77.2 cm³/mol. The zero-order chi connectivity index (χ0) is 12.1. The Bertz CT molecular complexity index is 893. The zero-order valence-electron chi connectivity index (χ0n) is 9.84. The number of aryl methyl sites for hydroxylation is 1. The van der Waals surface area contributed by atoms with Crippen LogP contribution in [0.4, 0.5) is 0 Å². The Morgan fingerprint density at radius 1 is 0.944 bits per heavy atom. The summed E-state index contributed by atoms with van der Waals surface area (Å²) in [5.74, 6) is 0. The van der Waals surface area contributed by atoms with Crippen molar-refractivity contribution in [2.45, 2.75) is 6.92 Å². The van der Waals surface area contributed by atoms with Crippen LogP contribution in [0.1, 0.15) is 5.56 Å². The van der Waals surface area contributed by atoms with E-state index >= 15 is 0 Å². The molecule has 2 heterocycles. The first-order valence-corrected chi connectivity index (χ1v) is 6.68. The summed E-state index contributed by atoms with van der Waals surface area (Å²) in [5.41, 5.74) is 4.23. The first-order chi connectivity index (χ1) is 8.81. The third kappa shape index (κ3) is 1.34. The fourth-order valence-corrected chi connectivity index (χ4v) is 3.37. The number of rotatable bonds is 0. The van der Waals surface area contributed by atoms with Gasteiger partial charge >= 0.3 is 0 Å². The van der Waals surface area contributed by atoms with E-state index in [1.54, 1.807) is 11.3 Å². The molecule has 0 saturated heterocycles. The summed E-state index contributed by atoms with van der Waals surface area (Å²) in [5, 5.41) is 1.21. The van der Waals surface area contributed by atoms with E-state index in [9.17, 15) is 0 Å². The first kappa shape index (κ1) is 9.97. The molecule has 0 saturated carbocycles. The number of hydrogen-bond acceptors (Lipinski definition) is 3. The van der Waals surface area contributed by atoms with Gasteiger partial charge in [-0.25, -0.2) is 9.97 Å². The number of para-hydroxylation sites is 2. The van der Waals surface area contributed by atoms with Crippen LogP contribution in [-0.4, -0.2) is 9.97 Å². The third-order valence-electron chi connectivity index (χ3n) is 3.14. The second kappa shape index (κ2) is 3.50. The molecular formula is C15H10N2S. The maximum absolute atomic E-state index is 4.74. The van der Waals surface area contributed by atoms with E-state index in [1.807, 2.05) is 24.3 Å². The summed E-state index contributed by atoms with van der Waals surface area (Å²) in [6.45, 7) is 2.11. The van der Waals surface area contributed by atoms with Gasteiger partial charge in [-0.1, -0.05) is 24.3 Å². The first-order valence-electron chi connectivity index (χ1n) is 5.87. The standard InChI is InChI=1S/C15H10N2S/c1-9-6-7-10-13(8-9)18-15-14(10)16-11-4-2-3-5-12(11)17-15/h2-8H,1H3. The van der Waals surface area contributed by atoms with Gasteiger partial charge in [0.1, 0.15) is 10.3 Å². The van der Waals surface area contributed by atoms with Gasteiger partial charge in [0, 0.05) is 10.1 Å². The van der Waals surface area contributed by atoms with Crippen LogP contribution in [0.25, 0.3) is 31.5 Å². The predicted octanol–water partition coefficient (Wildman–Crippen LogP) is 4.31. The largest absolute Gasteiger partial charge is 0.243 e. The molecule has 86 valence electrons. The zero-order valence-corrected chi connectivity index (χ0v) is 10.7. The minimum absolute atomic E-state index is 0.963. The summed E-state index contributed by atoms with van der Waals surface area (Å²) in [6.07, 6.45) is 0. The Hall–Kier alpha value is -2.00. The van der Waals surface area contributed by atoms with Gasteiger partial charge in [-0.05, 0) is 30.7 Å². The Kier molecular flexibility index (Phi) is 1.94. The second-order valence-corrected chi connectivity index (χ2v) is 5.50. The second-order valence-electron chi connectivity index (χ2n) is 4.47. The molecule has 2 aromatic heterocycles. The topological polar surface area (TPSA) is 25.8 Å². The summed E-state index contributed by atoms with van der Waals surface area (Å²) in [6, 6.07) is 14.5. The molecule has 0 bridgehead atoms. The van der Waals surface area contributed by atoms with Crippen molar-refractivity contribution in [1.29, 1.82) is 0 Å². The van der Waals surface area contributed by atoms with Crippen molar-refractivity contribution in [3.63, 3.8) is 0 Å². The molecule has 3 heteroatoms. The highest BCUT2D eigenvalue weighted by Crippen LogP contribution is 2.32. The molecule has 0 aliphatic rings. The van der Waals surface area contributed by atoms with Gasteiger partial charge in [-0.15, -0.1) is 11.3 Å². The molecule has 18 heavy (non-hydrogen) atoms. The van der Waals surface area contributed by atoms with Gasteiger partial charge in [0.15, 0.2) is 0 Å². The van der Waals surface area contributed by atoms with Gasteiger partial charge < -0.3 is 0 Å². The molecule has 0 amide bonds. The van der Waals surface area contributed by atoms with Crippen LogP contribution in [0.15, 0.2) is 42.5 Å². The van der Waals surface area contributed by atoms with Crippen molar-refractivity contribution in [3.8, 4) is 0 Å². The average molecular weight is 250 g/mol. The minimum Gasteiger partial charge on any atom is -0.243 e. The summed E-state index contributed by atoms with van der Waals surface area (Å²) in [4.78, 5) is 10.5. The number of fused-ring (bicyclic) bond motifs is 4. The lowest BCUT2D eigenvalue weighted by Gasteiger charge is -1.96. The maximum atomic E-state index is 4.74. The summed E-state index contributed by atoms with van der Waals surface area (Å²) in [7, 11) is 0. The van der Waals surface area contributed by atoms with E-state index < -0.39 is 0 Å². The lowest BCUT2D eigenvalue weighted by atomic mass is 10.2. The number of aromatic nitrogens is 2. The van der Waals surface area contributed by atoms with Crippen LogP contribution in [0, 0.1) is 6.92 Å². The molecule has 0 aliphatic heterocycles. The van der Waals surface area contributed by atoms with E-state index in [0.29, 0.717) is 0 Å². The van der Waals surface area contributed by atoms with Crippen LogP contribution >= 0.6 is 11.3 Å². The Morgan fingerprint density at radius 2 is 1.72 bits per heavy atom. The molecule has 0 N–H and O–H groups in total. The van der Waals surface area contributed by atoms with Gasteiger partial charge in [0.05, 0.1) is 11.0 Å². The lowest BCUT2D eigenvalue weighted by molar-refractivity contribution is 1.43. The summed E-state index contributed by atoms with van der Waals surface area (Å²) < 4.78 is 1.26. The maximum Gasteiger partial charge on any atom is 0.143 e. The fraction of sp³-hybridized carbons (Fsp3) is 0.0667. The highest BCUT2D eigenvalue weighted by molar-refractivity contribution is 7.25. The van der Waals surface area contributed by atoms with Crippen LogP contribution < -0.4 is 0 Å². The number of hydrogen-bond donors (Lipinski definition) is 0. The Balaban J connectivity index is 2.23. The third-order valence-corrected chi connectivity index (χ3v) is 4.17. The van der Waals surface area contributed by atoms with Gasteiger partial charge in [-0.2, -0.15) is 0 Å². The van der Waals surface area contributed by atoms with Crippen LogP contribution in [0.5, 0.6) is 0 Å². The van der Waals surface area contributed by atoms with Crippen LogP contribution in [0.2, 0.25) is 0 Å². The molecule has 0 fully saturated rings. The fourth-order valence-electron chi connectivity index (χ4n) is 2.24. The SMILES string of the molecule is Cc1ccc2c(c1)sc1nc3ccccc3nc12. The van der Waals surface area contributed by atoms with E-state index in [-0.39, 0.29) is 0 Å². The van der Waals surface area contributed by atoms with E-state index in [1.165, 1.54) is 15.6 Å². The molecule has 4 rings (SSSR count). The quantitative estimate of drug-likeness (QED) is 0.465. The number of benzene rings is 2. The van der Waals surface area contributed by atoms with Crippen LogP contribution in [-0.2, 0) is 0 Å². The van der Waals surface area contributed by atoms with Crippen molar-refractivity contribution < 1.29 is 0 Å². The molecule has 0 atom stereocenters. The van der Waals surface area contributed by atoms with Gasteiger partial charge in [0.2, 0.25) is 0 Å². The number of nitrogens with zero attached hydrogens (tertiary/aromatic N) is 2. The van der Waals surface area contributed by atoms with Crippen molar-refractivity contribution in [2.75, 3.05) is 0 Å². The number of thiophene rings is 1. The molecule has 0 radical (unpaired) electrons. The molecule has 0 aliphatic carbocycles. The average Bonchev–Trinajstić information content (AvgIpc) is 2.72. The van der Waals surface area contributed by atoms with E-state index in [4.69, 9.17) is 9.97 Å². The normalized spacial score (nSPS) is 11.6. The smallest absolute Gasteiger partial charge is 0.143 e. The van der Waals surface area contributed by atoms with Crippen molar-refractivity contribution in [2.24, 2.45) is 0 Å². The molecule has 4 aromatic rings. The van der Waals surface area contributed by atoms with Crippen LogP contribution in [0.3, 0.4) is 0 Å². The molecule has 0 spiro atoms. The van der Waals surface area contributed by atoms with Crippen molar-refractivity contribution in [3.05, 3.63) is 48.0 Å². The van der Waals surface area contributed by atoms with Crippen molar-refractivity contribution >= 4 is 42.8 Å². The summed E-state index contributed by atoms with van der Waals surface area (Å²) >= 11 is 1.72. The molecule has 2 nitrogen and oxygen atoms in total. The highest BCUT2D eigenvalue weighted by Gasteiger charge is 2.08. The van der Waals surface area contributed by atoms with E-state index in [2.05, 4.69) is 25.1 Å². The van der Waals surface area contributed by atoms with E-state index in [0.717, 1.165) is 21.4 Å².